The van der Waals surface area contributed by atoms with E-state index in [1.807, 2.05) is 0 Å². The number of fused-ring (bicyclic) bond motifs is 1. The molecule has 1 N–H and O–H groups in total. The van der Waals surface area contributed by atoms with Gasteiger partial charge >= 0.3 is 0 Å². The van der Waals surface area contributed by atoms with Crippen LogP contribution in [-0.4, -0.2) is 66.9 Å². The van der Waals surface area contributed by atoms with Crippen LogP contribution >= 0.6 is 0 Å². The summed E-state index contributed by atoms with van der Waals surface area (Å²) in [5.41, 5.74) is 0.142. The van der Waals surface area contributed by atoms with Gasteiger partial charge in [-0.15, -0.1) is 6.58 Å². The van der Waals surface area contributed by atoms with Crippen molar-refractivity contribution in [1.29, 1.82) is 0 Å². The molecule has 0 bridgehead atoms. The maximum Gasteiger partial charge on any atom is 0.256 e. The van der Waals surface area contributed by atoms with Gasteiger partial charge in [0.25, 0.3) is 5.91 Å². The molecule has 8 nitrogen and oxygen atoms in total. The lowest BCUT2D eigenvalue weighted by atomic mass is 10.1. The average Bonchev–Trinajstić information content (AvgIpc) is 3.13. The first-order chi connectivity index (χ1) is 16.9. The van der Waals surface area contributed by atoms with E-state index in [4.69, 9.17) is 0 Å². The van der Waals surface area contributed by atoms with Crippen molar-refractivity contribution >= 4 is 26.8 Å². The third-order valence-electron chi connectivity index (χ3n) is 7.23. The van der Waals surface area contributed by atoms with E-state index in [2.05, 4.69) is 23.7 Å². The highest BCUT2D eigenvalue weighted by molar-refractivity contribution is 7.89. The monoisotopic (exact) mass is 500 g/mol. The van der Waals surface area contributed by atoms with Crippen molar-refractivity contribution < 1.29 is 13.2 Å². The lowest BCUT2D eigenvalue weighted by Gasteiger charge is -2.23. The Kier molecular flexibility index (Phi) is 8.09. The summed E-state index contributed by atoms with van der Waals surface area (Å²) in [7, 11) is -3.72. The van der Waals surface area contributed by atoms with Crippen LogP contribution < -0.4 is 10.7 Å². The summed E-state index contributed by atoms with van der Waals surface area (Å²) in [5.74, 6) is -0.432. The largest absolute Gasteiger partial charge is 0.350 e. The number of hydrogen-bond donors (Lipinski definition) is 1. The molecule has 1 aromatic carbocycles. The van der Waals surface area contributed by atoms with Crippen LogP contribution in [-0.2, 0) is 16.6 Å². The molecular formula is C26H36N4O4S. The summed E-state index contributed by atoms with van der Waals surface area (Å²) in [6.45, 7) is 9.68. The number of aromatic nitrogens is 1. The fourth-order valence-corrected chi connectivity index (χ4v) is 6.81. The van der Waals surface area contributed by atoms with Gasteiger partial charge < -0.3 is 9.88 Å². The number of likely N-dealkylation sites (tertiary alicyclic amines) is 1. The highest BCUT2D eigenvalue weighted by Gasteiger charge is 2.27. The van der Waals surface area contributed by atoms with Crippen LogP contribution in [0.2, 0.25) is 0 Å². The molecule has 2 aliphatic heterocycles. The van der Waals surface area contributed by atoms with Crippen molar-refractivity contribution in [3.05, 3.63) is 52.8 Å². The van der Waals surface area contributed by atoms with Gasteiger partial charge in [0.1, 0.15) is 5.56 Å². The van der Waals surface area contributed by atoms with E-state index in [-0.39, 0.29) is 21.9 Å². The van der Waals surface area contributed by atoms with Crippen LogP contribution in [0.25, 0.3) is 10.9 Å². The molecule has 2 fully saturated rings. The van der Waals surface area contributed by atoms with Crippen LogP contribution in [0.1, 0.15) is 55.8 Å². The van der Waals surface area contributed by atoms with Crippen molar-refractivity contribution in [2.45, 2.75) is 62.9 Å². The summed E-state index contributed by atoms with van der Waals surface area (Å²) in [6.07, 6.45) is 9.06. The zero-order valence-corrected chi connectivity index (χ0v) is 21.4. The number of nitrogens with zero attached hydrogens (tertiary/aromatic N) is 3. The van der Waals surface area contributed by atoms with Crippen LogP contribution in [0.15, 0.2) is 46.7 Å². The third kappa shape index (κ3) is 5.37. The van der Waals surface area contributed by atoms with E-state index in [1.165, 1.54) is 10.4 Å². The molecule has 1 aromatic heterocycles. The first-order valence-electron chi connectivity index (χ1n) is 12.7. The Morgan fingerprint density at radius 3 is 2.57 bits per heavy atom. The Morgan fingerprint density at radius 2 is 1.89 bits per heavy atom. The number of benzene rings is 1. The Hall–Kier alpha value is -2.49. The van der Waals surface area contributed by atoms with E-state index in [0.717, 1.165) is 51.6 Å². The van der Waals surface area contributed by atoms with Crippen molar-refractivity contribution in [2.75, 3.05) is 32.7 Å². The standard InChI is InChI=1S/C26H36N4O4S/c1-3-13-29-19-23(26(32)27-18-20-10-9-14-28(20)4-2)25(31)22-17-21(11-12-24(22)29)35(33,34)30-15-7-5-6-8-16-30/h3,11-12,17,19-20H,1,4-10,13-16,18H2,2H3,(H,27,32)/t20-/m0/s1. The van der Waals surface area contributed by atoms with Crippen molar-refractivity contribution in [3.63, 3.8) is 0 Å². The van der Waals surface area contributed by atoms with Gasteiger partial charge in [0.05, 0.1) is 10.4 Å². The van der Waals surface area contributed by atoms with Crippen molar-refractivity contribution in [1.82, 2.24) is 19.1 Å². The Balaban J connectivity index is 1.69. The van der Waals surface area contributed by atoms with Crippen molar-refractivity contribution in [3.8, 4) is 0 Å². The molecule has 0 radical (unpaired) electrons. The zero-order valence-electron chi connectivity index (χ0n) is 20.5. The van der Waals surface area contributed by atoms with Gasteiger partial charge in [-0.1, -0.05) is 25.8 Å². The Labute approximate surface area is 207 Å². The smallest absolute Gasteiger partial charge is 0.256 e. The highest BCUT2D eigenvalue weighted by Crippen LogP contribution is 2.24. The molecule has 1 atom stereocenters. The molecular weight excluding hydrogens is 464 g/mol. The lowest BCUT2D eigenvalue weighted by molar-refractivity contribution is 0.0939. The number of hydrogen-bond acceptors (Lipinski definition) is 5. The van der Waals surface area contributed by atoms with Crippen molar-refractivity contribution in [2.24, 2.45) is 0 Å². The topological polar surface area (TPSA) is 91.7 Å². The summed E-state index contributed by atoms with van der Waals surface area (Å²) in [4.78, 5) is 28.9. The fraction of sp³-hybridized carbons (Fsp3) is 0.538. The first kappa shape index (κ1) is 25.6. The van der Waals surface area contributed by atoms with Crippen LogP contribution in [0.3, 0.4) is 0 Å². The molecule has 0 unspecified atom stereocenters. The second-order valence-corrected chi connectivity index (χ2v) is 11.4. The number of rotatable bonds is 8. The zero-order chi connectivity index (χ0) is 25.0. The molecule has 2 saturated heterocycles. The maximum atomic E-state index is 13.4. The number of likely N-dealkylation sites (N-methyl/N-ethyl adjacent to an activating group) is 1. The normalized spacial score (nSPS) is 20.1. The number of carbonyl (C=O) groups is 1. The lowest BCUT2D eigenvalue weighted by Crippen LogP contribution is -2.41. The van der Waals surface area contributed by atoms with Gasteiger partial charge in [-0.25, -0.2) is 8.42 Å². The van der Waals surface area contributed by atoms with Gasteiger partial charge in [0.15, 0.2) is 0 Å². The molecule has 0 saturated carbocycles. The van der Waals surface area contributed by atoms with Crippen LogP contribution in [0.4, 0.5) is 0 Å². The predicted octanol–water partition coefficient (Wildman–Crippen LogP) is 2.97. The predicted molar refractivity (Wildman–Crippen MR) is 138 cm³/mol. The van der Waals surface area contributed by atoms with Crippen LogP contribution in [0.5, 0.6) is 0 Å². The molecule has 190 valence electrons. The molecule has 35 heavy (non-hydrogen) atoms. The average molecular weight is 501 g/mol. The second-order valence-electron chi connectivity index (χ2n) is 9.44. The molecule has 0 aliphatic carbocycles. The molecule has 1 amide bonds. The van der Waals surface area contributed by atoms with Gasteiger partial charge in [-0.3, -0.25) is 14.5 Å². The fourth-order valence-electron chi connectivity index (χ4n) is 5.27. The van der Waals surface area contributed by atoms with E-state index in [9.17, 15) is 18.0 Å². The quantitative estimate of drug-likeness (QED) is 0.563. The van der Waals surface area contributed by atoms with Gasteiger partial charge in [0.2, 0.25) is 15.5 Å². The number of pyridine rings is 1. The molecule has 9 heteroatoms. The highest BCUT2D eigenvalue weighted by atomic mass is 32.2. The number of sulfonamides is 1. The van der Waals surface area contributed by atoms with Crippen LogP contribution in [0, 0.1) is 0 Å². The Morgan fingerprint density at radius 1 is 1.14 bits per heavy atom. The minimum Gasteiger partial charge on any atom is -0.350 e. The molecule has 0 spiro atoms. The summed E-state index contributed by atoms with van der Waals surface area (Å²) in [6, 6.07) is 4.92. The SMILES string of the molecule is C=CCn1cc(C(=O)NC[C@@H]2CCCN2CC)c(=O)c2cc(S(=O)(=O)N3CCCCCC3)ccc21. The number of amides is 1. The second kappa shape index (κ2) is 11.1. The Bertz CT molecular complexity index is 1250. The minimum atomic E-state index is -3.72. The summed E-state index contributed by atoms with van der Waals surface area (Å²) in [5, 5.41) is 3.17. The van der Waals surface area contributed by atoms with Gasteiger partial charge in [0, 0.05) is 43.8 Å². The van der Waals surface area contributed by atoms with Gasteiger partial charge in [-0.2, -0.15) is 4.31 Å². The third-order valence-corrected chi connectivity index (χ3v) is 9.12. The number of allylic oxidation sites excluding steroid dienone is 1. The van der Waals surface area contributed by atoms with E-state index in [1.54, 1.807) is 29.0 Å². The minimum absolute atomic E-state index is 0.0183. The molecule has 2 aliphatic rings. The maximum absolute atomic E-state index is 13.4. The molecule has 3 heterocycles. The van der Waals surface area contributed by atoms with E-state index < -0.39 is 21.4 Å². The number of nitrogens with one attached hydrogen (secondary N) is 1. The summed E-state index contributed by atoms with van der Waals surface area (Å²) >= 11 is 0. The molecule has 4 rings (SSSR count). The van der Waals surface area contributed by atoms with E-state index in [0.29, 0.717) is 31.7 Å². The van der Waals surface area contributed by atoms with E-state index >= 15 is 0 Å². The molecule has 2 aromatic rings. The van der Waals surface area contributed by atoms with Gasteiger partial charge in [-0.05, 0) is 57.0 Å². The summed E-state index contributed by atoms with van der Waals surface area (Å²) < 4.78 is 30.0. The number of carbonyl (C=O) groups excluding carboxylic acids is 1. The first-order valence-corrected chi connectivity index (χ1v) is 14.1.